The van der Waals surface area contributed by atoms with E-state index in [0.717, 1.165) is 56.8 Å². The first kappa shape index (κ1) is 10.6. The number of carbonyl (C=O) groups is 2. The number of hydrogen-bond donors (Lipinski definition) is 0. The summed E-state index contributed by atoms with van der Waals surface area (Å²) in [4.78, 5) is 23.0. The van der Waals surface area contributed by atoms with Gasteiger partial charge < -0.3 is 0 Å². The molecule has 0 spiro atoms. The molecule has 1 fully saturated rings. The molecule has 0 radical (unpaired) electrons. The van der Waals surface area contributed by atoms with Crippen LogP contribution in [-0.2, 0) is 9.59 Å². The monoisotopic (exact) mass is 206 g/mol. The van der Waals surface area contributed by atoms with Crippen molar-refractivity contribution in [2.45, 2.75) is 51.9 Å². The minimum atomic E-state index is -0.219. The van der Waals surface area contributed by atoms with Crippen LogP contribution in [0.25, 0.3) is 0 Å². The molecule has 82 valence electrons. The summed E-state index contributed by atoms with van der Waals surface area (Å²) in [7, 11) is 0. The van der Waals surface area contributed by atoms with Crippen LogP contribution in [0.3, 0.4) is 0 Å². The van der Waals surface area contributed by atoms with Crippen molar-refractivity contribution in [3.8, 4) is 0 Å². The van der Waals surface area contributed by atoms with Crippen LogP contribution in [0.5, 0.6) is 0 Å². The lowest BCUT2D eigenvalue weighted by Crippen LogP contribution is -2.34. The highest BCUT2D eigenvalue weighted by atomic mass is 16.1. The number of Topliss-reactive ketones (excluding diaryl/α,β-unsaturated/α-hetero) is 1. The molecule has 2 aliphatic carbocycles. The number of carbonyl (C=O) groups excluding carboxylic acids is 2. The Labute approximate surface area is 90.7 Å². The maximum absolute atomic E-state index is 12.1. The van der Waals surface area contributed by atoms with Gasteiger partial charge in [-0.3, -0.25) is 9.59 Å². The van der Waals surface area contributed by atoms with Crippen LogP contribution >= 0.6 is 0 Å². The third kappa shape index (κ3) is 1.47. The van der Waals surface area contributed by atoms with E-state index in [2.05, 4.69) is 6.92 Å². The molecule has 0 aromatic heterocycles. The van der Waals surface area contributed by atoms with Crippen molar-refractivity contribution >= 4 is 12.1 Å². The van der Waals surface area contributed by atoms with Crippen molar-refractivity contribution < 1.29 is 9.59 Å². The molecule has 0 aromatic carbocycles. The second-order valence-electron chi connectivity index (χ2n) is 4.73. The maximum atomic E-state index is 12.1. The standard InChI is InChI=1S/C13H18O2/c1-2-7-13-8-6-10(9-14)11(13)4-3-5-12(13)15/h9H,2-8H2,1H3/t13-/m0/s1. The van der Waals surface area contributed by atoms with Gasteiger partial charge in [-0.05, 0) is 37.7 Å². The Balaban J connectivity index is 2.41. The summed E-state index contributed by atoms with van der Waals surface area (Å²) in [6, 6.07) is 0. The molecule has 2 rings (SSSR count). The van der Waals surface area contributed by atoms with E-state index in [1.165, 1.54) is 5.57 Å². The highest BCUT2D eigenvalue weighted by Crippen LogP contribution is 2.51. The van der Waals surface area contributed by atoms with E-state index < -0.39 is 0 Å². The largest absolute Gasteiger partial charge is 0.299 e. The summed E-state index contributed by atoms with van der Waals surface area (Å²) >= 11 is 0. The first-order chi connectivity index (χ1) is 7.24. The Kier molecular flexibility index (Phi) is 2.76. The fraction of sp³-hybridized carbons (Fsp3) is 0.692. The number of allylic oxidation sites excluding steroid dienone is 2. The molecule has 1 atom stereocenters. The van der Waals surface area contributed by atoms with Crippen molar-refractivity contribution in [3.63, 3.8) is 0 Å². The van der Waals surface area contributed by atoms with Crippen LogP contribution in [0.4, 0.5) is 0 Å². The van der Waals surface area contributed by atoms with E-state index in [1.54, 1.807) is 0 Å². The van der Waals surface area contributed by atoms with Gasteiger partial charge >= 0.3 is 0 Å². The smallest absolute Gasteiger partial charge is 0.146 e. The van der Waals surface area contributed by atoms with Gasteiger partial charge in [0, 0.05) is 6.42 Å². The summed E-state index contributed by atoms with van der Waals surface area (Å²) in [6.45, 7) is 2.12. The molecule has 2 heteroatoms. The fourth-order valence-electron chi connectivity index (χ4n) is 3.30. The third-order valence-electron chi connectivity index (χ3n) is 3.97. The normalized spacial score (nSPS) is 30.6. The summed E-state index contributed by atoms with van der Waals surface area (Å²) in [5.74, 6) is 0.391. The molecule has 0 aliphatic heterocycles. The van der Waals surface area contributed by atoms with E-state index in [-0.39, 0.29) is 5.41 Å². The van der Waals surface area contributed by atoms with Crippen LogP contribution < -0.4 is 0 Å². The van der Waals surface area contributed by atoms with Crippen LogP contribution in [0.15, 0.2) is 11.1 Å². The van der Waals surface area contributed by atoms with Crippen molar-refractivity contribution in [1.29, 1.82) is 0 Å². The molecular weight excluding hydrogens is 188 g/mol. The van der Waals surface area contributed by atoms with E-state index in [0.29, 0.717) is 5.78 Å². The molecule has 0 amide bonds. The highest BCUT2D eigenvalue weighted by Gasteiger charge is 2.46. The molecule has 0 unspecified atom stereocenters. The SMILES string of the molecule is CCC[C@]12CCC(C=O)=C1CCCC2=O. The maximum Gasteiger partial charge on any atom is 0.146 e. The number of rotatable bonds is 3. The van der Waals surface area contributed by atoms with E-state index in [4.69, 9.17) is 0 Å². The Morgan fingerprint density at radius 2 is 2.13 bits per heavy atom. The molecule has 15 heavy (non-hydrogen) atoms. The molecule has 0 aromatic rings. The predicted octanol–water partition coefficient (Wildman–Crippen LogP) is 2.82. The zero-order valence-electron chi connectivity index (χ0n) is 9.34. The quantitative estimate of drug-likeness (QED) is 0.665. The van der Waals surface area contributed by atoms with E-state index in [1.807, 2.05) is 0 Å². The van der Waals surface area contributed by atoms with Gasteiger partial charge in [-0.15, -0.1) is 0 Å². The van der Waals surface area contributed by atoms with Gasteiger partial charge in [0.2, 0.25) is 0 Å². The average Bonchev–Trinajstić information content (AvgIpc) is 2.60. The van der Waals surface area contributed by atoms with Crippen LogP contribution in [-0.4, -0.2) is 12.1 Å². The molecule has 0 N–H and O–H groups in total. The molecule has 0 bridgehead atoms. The third-order valence-corrected chi connectivity index (χ3v) is 3.97. The first-order valence-corrected chi connectivity index (χ1v) is 5.95. The number of fused-ring (bicyclic) bond motifs is 1. The van der Waals surface area contributed by atoms with Gasteiger partial charge in [0.15, 0.2) is 0 Å². The van der Waals surface area contributed by atoms with Crippen LogP contribution in [0.2, 0.25) is 0 Å². The number of aldehydes is 1. The van der Waals surface area contributed by atoms with Crippen molar-refractivity contribution in [3.05, 3.63) is 11.1 Å². The molecule has 0 heterocycles. The zero-order valence-corrected chi connectivity index (χ0v) is 9.34. The van der Waals surface area contributed by atoms with Gasteiger partial charge in [-0.1, -0.05) is 18.9 Å². The lowest BCUT2D eigenvalue weighted by Gasteiger charge is -2.34. The summed E-state index contributed by atoms with van der Waals surface area (Å²) in [5.41, 5.74) is 1.90. The Morgan fingerprint density at radius 1 is 1.33 bits per heavy atom. The van der Waals surface area contributed by atoms with Gasteiger partial charge in [-0.2, -0.15) is 0 Å². The topological polar surface area (TPSA) is 34.1 Å². The van der Waals surface area contributed by atoms with Crippen molar-refractivity contribution in [2.75, 3.05) is 0 Å². The Bertz CT molecular complexity index is 327. The fourth-order valence-corrected chi connectivity index (χ4v) is 3.30. The number of hydrogen-bond acceptors (Lipinski definition) is 2. The summed E-state index contributed by atoms with van der Waals surface area (Å²) < 4.78 is 0. The zero-order chi connectivity index (χ0) is 10.9. The van der Waals surface area contributed by atoms with Gasteiger partial charge in [0.1, 0.15) is 12.1 Å². The predicted molar refractivity (Wildman–Crippen MR) is 58.5 cm³/mol. The Morgan fingerprint density at radius 3 is 2.80 bits per heavy atom. The van der Waals surface area contributed by atoms with Crippen molar-refractivity contribution in [2.24, 2.45) is 5.41 Å². The van der Waals surface area contributed by atoms with Gasteiger partial charge in [-0.25, -0.2) is 0 Å². The van der Waals surface area contributed by atoms with Gasteiger partial charge in [0.05, 0.1) is 5.41 Å². The first-order valence-electron chi connectivity index (χ1n) is 5.95. The molecule has 2 aliphatic rings. The molecular formula is C13H18O2. The number of ketones is 1. The highest BCUT2D eigenvalue weighted by molar-refractivity contribution is 5.92. The minimum absolute atomic E-state index is 0.219. The molecule has 2 nitrogen and oxygen atoms in total. The van der Waals surface area contributed by atoms with Crippen LogP contribution in [0, 0.1) is 5.41 Å². The van der Waals surface area contributed by atoms with Crippen LogP contribution in [0.1, 0.15) is 51.9 Å². The second-order valence-corrected chi connectivity index (χ2v) is 4.73. The lowest BCUT2D eigenvalue weighted by molar-refractivity contribution is -0.128. The van der Waals surface area contributed by atoms with E-state index >= 15 is 0 Å². The molecule has 0 saturated heterocycles. The van der Waals surface area contributed by atoms with Crippen molar-refractivity contribution in [1.82, 2.24) is 0 Å². The Hall–Kier alpha value is -0.920. The second kappa shape index (κ2) is 3.92. The molecule has 1 saturated carbocycles. The summed E-state index contributed by atoms with van der Waals surface area (Å²) in [6.07, 6.45) is 7.30. The lowest BCUT2D eigenvalue weighted by atomic mass is 9.67. The van der Waals surface area contributed by atoms with E-state index in [9.17, 15) is 9.59 Å². The minimum Gasteiger partial charge on any atom is -0.299 e. The summed E-state index contributed by atoms with van der Waals surface area (Å²) in [5, 5.41) is 0. The van der Waals surface area contributed by atoms with Gasteiger partial charge in [0.25, 0.3) is 0 Å². The average molecular weight is 206 g/mol.